The molecule has 2 aliphatic rings. The van der Waals surface area contributed by atoms with Crippen molar-refractivity contribution in [3.05, 3.63) is 0 Å². The van der Waals surface area contributed by atoms with Crippen LogP contribution in [0.15, 0.2) is 0 Å². The van der Waals surface area contributed by atoms with Gasteiger partial charge in [0.25, 0.3) is 0 Å². The zero-order valence-corrected chi connectivity index (χ0v) is 10.3. The predicted molar refractivity (Wildman–Crippen MR) is 65.0 cm³/mol. The molecule has 2 heteroatoms. The van der Waals surface area contributed by atoms with Crippen molar-refractivity contribution in [2.24, 2.45) is 11.8 Å². The van der Waals surface area contributed by atoms with E-state index in [9.17, 15) is 0 Å². The van der Waals surface area contributed by atoms with Crippen LogP contribution in [0.25, 0.3) is 0 Å². The molecular weight excluding hydrogens is 184 g/mol. The van der Waals surface area contributed by atoms with Gasteiger partial charge in [-0.15, -0.1) is 0 Å². The van der Waals surface area contributed by atoms with E-state index in [0.717, 1.165) is 17.9 Å². The molecule has 1 N–H and O–H groups in total. The van der Waals surface area contributed by atoms with Gasteiger partial charge in [0, 0.05) is 12.6 Å². The molecular formula is C13H26N2. The van der Waals surface area contributed by atoms with E-state index < -0.39 is 0 Å². The van der Waals surface area contributed by atoms with Crippen molar-refractivity contribution in [1.82, 2.24) is 10.2 Å². The van der Waals surface area contributed by atoms with E-state index in [-0.39, 0.29) is 0 Å². The van der Waals surface area contributed by atoms with E-state index in [1.807, 2.05) is 0 Å². The molecule has 1 saturated carbocycles. The summed E-state index contributed by atoms with van der Waals surface area (Å²) < 4.78 is 0. The highest BCUT2D eigenvalue weighted by Gasteiger charge is 2.28. The summed E-state index contributed by atoms with van der Waals surface area (Å²) in [5.74, 6) is 1.77. The van der Waals surface area contributed by atoms with Gasteiger partial charge < -0.3 is 10.2 Å². The Bertz CT molecular complexity index is 187. The lowest BCUT2D eigenvalue weighted by atomic mass is 9.97. The standard InChI is InChI=1S/C13H26N2/c1-3-15(13-6-4-5-7-13)10-12-9-14-8-11(12)2/h11-14H,3-10H2,1-2H3. The van der Waals surface area contributed by atoms with Crippen LogP contribution in [0.1, 0.15) is 39.5 Å². The summed E-state index contributed by atoms with van der Waals surface area (Å²) in [4.78, 5) is 2.74. The van der Waals surface area contributed by atoms with Crippen LogP contribution in [-0.2, 0) is 0 Å². The fourth-order valence-corrected chi connectivity index (χ4v) is 3.22. The minimum Gasteiger partial charge on any atom is -0.316 e. The van der Waals surface area contributed by atoms with Crippen molar-refractivity contribution >= 4 is 0 Å². The second-order valence-corrected chi connectivity index (χ2v) is 5.42. The van der Waals surface area contributed by atoms with Gasteiger partial charge >= 0.3 is 0 Å². The fraction of sp³-hybridized carbons (Fsp3) is 1.00. The normalized spacial score (nSPS) is 33.0. The SMILES string of the molecule is CCN(CC1CNCC1C)C1CCCC1. The zero-order valence-electron chi connectivity index (χ0n) is 10.3. The molecule has 0 amide bonds. The smallest absolute Gasteiger partial charge is 0.00952 e. The number of hydrogen-bond donors (Lipinski definition) is 1. The molecule has 1 aliphatic carbocycles. The van der Waals surface area contributed by atoms with Gasteiger partial charge in [-0.3, -0.25) is 0 Å². The maximum atomic E-state index is 3.52. The average Bonchev–Trinajstić information content (AvgIpc) is 2.86. The van der Waals surface area contributed by atoms with Crippen LogP contribution in [0.3, 0.4) is 0 Å². The van der Waals surface area contributed by atoms with Crippen molar-refractivity contribution in [1.29, 1.82) is 0 Å². The molecule has 2 atom stereocenters. The number of nitrogens with zero attached hydrogens (tertiary/aromatic N) is 1. The van der Waals surface area contributed by atoms with E-state index in [1.165, 1.54) is 51.9 Å². The van der Waals surface area contributed by atoms with Crippen LogP contribution < -0.4 is 5.32 Å². The number of nitrogens with one attached hydrogen (secondary N) is 1. The monoisotopic (exact) mass is 210 g/mol. The van der Waals surface area contributed by atoms with Crippen LogP contribution in [0.2, 0.25) is 0 Å². The van der Waals surface area contributed by atoms with E-state index in [2.05, 4.69) is 24.1 Å². The maximum absolute atomic E-state index is 3.52. The second-order valence-electron chi connectivity index (χ2n) is 5.42. The Hall–Kier alpha value is -0.0800. The third-order valence-electron chi connectivity index (χ3n) is 4.39. The van der Waals surface area contributed by atoms with Gasteiger partial charge in [-0.25, -0.2) is 0 Å². The minimum atomic E-state index is 0.875. The Morgan fingerprint density at radius 1 is 1.20 bits per heavy atom. The second kappa shape index (κ2) is 5.31. The van der Waals surface area contributed by atoms with Gasteiger partial charge in [0.1, 0.15) is 0 Å². The van der Waals surface area contributed by atoms with Gasteiger partial charge in [0.2, 0.25) is 0 Å². The first-order valence-electron chi connectivity index (χ1n) is 6.76. The van der Waals surface area contributed by atoms with Crippen LogP contribution in [0.4, 0.5) is 0 Å². The molecule has 2 nitrogen and oxygen atoms in total. The van der Waals surface area contributed by atoms with E-state index in [4.69, 9.17) is 0 Å². The summed E-state index contributed by atoms with van der Waals surface area (Å²) in [6.07, 6.45) is 5.81. The molecule has 1 aliphatic heterocycles. The van der Waals surface area contributed by atoms with Crippen molar-refractivity contribution in [2.75, 3.05) is 26.2 Å². The topological polar surface area (TPSA) is 15.3 Å². The van der Waals surface area contributed by atoms with Crippen LogP contribution in [0, 0.1) is 11.8 Å². The average molecular weight is 210 g/mol. The Morgan fingerprint density at radius 2 is 1.93 bits per heavy atom. The number of rotatable bonds is 4. The lowest BCUT2D eigenvalue weighted by Gasteiger charge is -2.31. The first-order chi connectivity index (χ1) is 7.31. The molecule has 0 bridgehead atoms. The van der Waals surface area contributed by atoms with Crippen LogP contribution >= 0.6 is 0 Å². The third-order valence-corrected chi connectivity index (χ3v) is 4.39. The van der Waals surface area contributed by atoms with E-state index >= 15 is 0 Å². The summed E-state index contributed by atoms with van der Waals surface area (Å²) in [7, 11) is 0. The lowest BCUT2D eigenvalue weighted by molar-refractivity contribution is 0.168. The molecule has 0 aromatic rings. The number of hydrogen-bond acceptors (Lipinski definition) is 2. The first-order valence-corrected chi connectivity index (χ1v) is 6.76. The highest BCUT2D eigenvalue weighted by molar-refractivity contribution is 4.84. The van der Waals surface area contributed by atoms with Crippen molar-refractivity contribution in [2.45, 2.75) is 45.6 Å². The van der Waals surface area contributed by atoms with Gasteiger partial charge in [0.15, 0.2) is 0 Å². The van der Waals surface area contributed by atoms with Gasteiger partial charge in [0.05, 0.1) is 0 Å². The molecule has 2 rings (SSSR count). The van der Waals surface area contributed by atoms with Gasteiger partial charge in [-0.2, -0.15) is 0 Å². The molecule has 0 radical (unpaired) electrons. The molecule has 0 aromatic carbocycles. The molecule has 0 aromatic heterocycles. The molecule has 0 spiro atoms. The zero-order chi connectivity index (χ0) is 10.7. The minimum absolute atomic E-state index is 0.875. The molecule has 1 heterocycles. The Labute approximate surface area is 94.4 Å². The highest BCUT2D eigenvalue weighted by Crippen LogP contribution is 2.26. The van der Waals surface area contributed by atoms with Gasteiger partial charge in [-0.05, 0) is 44.3 Å². The summed E-state index contributed by atoms with van der Waals surface area (Å²) in [5.41, 5.74) is 0. The largest absolute Gasteiger partial charge is 0.316 e. The molecule has 2 unspecified atom stereocenters. The van der Waals surface area contributed by atoms with Crippen LogP contribution in [-0.4, -0.2) is 37.1 Å². The Morgan fingerprint density at radius 3 is 2.47 bits per heavy atom. The fourth-order valence-electron chi connectivity index (χ4n) is 3.22. The molecule has 88 valence electrons. The van der Waals surface area contributed by atoms with Crippen molar-refractivity contribution in [3.8, 4) is 0 Å². The summed E-state index contributed by atoms with van der Waals surface area (Å²) in [5, 5.41) is 3.52. The summed E-state index contributed by atoms with van der Waals surface area (Å²) in [6.45, 7) is 9.76. The Balaban J connectivity index is 1.84. The molecule has 15 heavy (non-hydrogen) atoms. The summed E-state index contributed by atoms with van der Waals surface area (Å²) >= 11 is 0. The first kappa shape index (κ1) is 11.4. The van der Waals surface area contributed by atoms with Crippen molar-refractivity contribution < 1.29 is 0 Å². The third kappa shape index (κ3) is 2.73. The van der Waals surface area contributed by atoms with Crippen LogP contribution in [0.5, 0.6) is 0 Å². The van der Waals surface area contributed by atoms with Crippen molar-refractivity contribution in [3.63, 3.8) is 0 Å². The lowest BCUT2D eigenvalue weighted by Crippen LogP contribution is -2.38. The van der Waals surface area contributed by atoms with Gasteiger partial charge in [-0.1, -0.05) is 26.7 Å². The van der Waals surface area contributed by atoms with E-state index in [0.29, 0.717) is 0 Å². The molecule has 2 fully saturated rings. The highest BCUT2D eigenvalue weighted by atomic mass is 15.2. The quantitative estimate of drug-likeness (QED) is 0.764. The van der Waals surface area contributed by atoms with E-state index in [1.54, 1.807) is 0 Å². The predicted octanol–water partition coefficient (Wildman–Crippen LogP) is 2.11. The maximum Gasteiger partial charge on any atom is 0.00952 e. The molecule has 1 saturated heterocycles. The summed E-state index contributed by atoms with van der Waals surface area (Å²) in [6, 6.07) is 0.905. The Kier molecular flexibility index (Phi) is 4.04.